The first-order valence-corrected chi connectivity index (χ1v) is 12.2. The lowest BCUT2D eigenvalue weighted by atomic mass is 9.97. The van der Waals surface area contributed by atoms with Crippen LogP contribution in [0.2, 0.25) is 0 Å². The van der Waals surface area contributed by atoms with Crippen molar-refractivity contribution >= 4 is 11.6 Å². The molecular weight excluding hydrogens is 412 g/mol. The number of fused-ring (bicyclic) bond motifs is 2. The number of β-amino-alcohol motifs (C(OH)–C–C–N with tert-alkyl or cyclic N) is 1. The fourth-order valence-electron chi connectivity index (χ4n) is 5.00. The zero-order valence-electron chi connectivity index (χ0n) is 20.3. The Hall–Kier alpha value is -2.41. The second-order valence-corrected chi connectivity index (χ2v) is 9.63. The summed E-state index contributed by atoms with van der Waals surface area (Å²) in [5.41, 5.74) is 5.85. The number of nitrogens with zero attached hydrogens (tertiary/aromatic N) is 4. The molecule has 1 atom stereocenters. The number of likely N-dealkylation sites (N-methyl/N-ethyl adjacent to an activating group) is 2. The molecule has 0 radical (unpaired) electrons. The van der Waals surface area contributed by atoms with Crippen molar-refractivity contribution in [2.45, 2.75) is 32.4 Å². The van der Waals surface area contributed by atoms with Gasteiger partial charge in [-0.25, -0.2) is 0 Å². The molecule has 0 bridgehead atoms. The third kappa shape index (κ3) is 5.75. The summed E-state index contributed by atoms with van der Waals surface area (Å²) in [5, 5.41) is 10.8. The molecule has 4 rings (SSSR count). The molecule has 2 heterocycles. The SMILES string of the molecule is CCN(CCN(C)C)c1ccc2c(c1)CCN(CC(O)CN1CCc3ccccc3C1)C2=O. The largest absolute Gasteiger partial charge is 0.390 e. The lowest BCUT2D eigenvalue weighted by molar-refractivity contribution is 0.0493. The number of amides is 1. The summed E-state index contributed by atoms with van der Waals surface area (Å²) in [6.45, 7) is 8.56. The van der Waals surface area contributed by atoms with E-state index in [-0.39, 0.29) is 5.91 Å². The Labute approximate surface area is 198 Å². The summed E-state index contributed by atoms with van der Waals surface area (Å²) in [7, 11) is 4.18. The van der Waals surface area contributed by atoms with Crippen LogP contribution >= 0.6 is 0 Å². The van der Waals surface area contributed by atoms with E-state index in [1.807, 2.05) is 11.0 Å². The molecule has 0 aromatic heterocycles. The van der Waals surface area contributed by atoms with Crippen LogP contribution in [-0.2, 0) is 19.4 Å². The summed E-state index contributed by atoms with van der Waals surface area (Å²) >= 11 is 0. The van der Waals surface area contributed by atoms with E-state index in [9.17, 15) is 9.90 Å². The molecule has 2 aliphatic heterocycles. The molecule has 0 fully saturated rings. The predicted molar refractivity (Wildman–Crippen MR) is 134 cm³/mol. The van der Waals surface area contributed by atoms with Crippen LogP contribution in [0.25, 0.3) is 0 Å². The van der Waals surface area contributed by atoms with E-state index in [0.29, 0.717) is 19.6 Å². The average molecular weight is 451 g/mol. The molecule has 1 amide bonds. The number of anilines is 1. The number of hydrogen-bond acceptors (Lipinski definition) is 5. The van der Waals surface area contributed by atoms with Crippen LogP contribution in [0.1, 0.15) is 34.0 Å². The molecule has 0 saturated carbocycles. The van der Waals surface area contributed by atoms with Crippen LogP contribution in [0.4, 0.5) is 5.69 Å². The van der Waals surface area contributed by atoms with Crippen LogP contribution < -0.4 is 4.90 Å². The van der Waals surface area contributed by atoms with Gasteiger partial charge in [-0.1, -0.05) is 24.3 Å². The maximum absolute atomic E-state index is 13.2. The highest BCUT2D eigenvalue weighted by Crippen LogP contribution is 2.25. The van der Waals surface area contributed by atoms with Crippen molar-refractivity contribution < 1.29 is 9.90 Å². The second-order valence-electron chi connectivity index (χ2n) is 9.63. The Bertz CT molecular complexity index is 961. The van der Waals surface area contributed by atoms with Crippen molar-refractivity contribution in [2.24, 2.45) is 0 Å². The highest BCUT2D eigenvalue weighted by molar-refractivity contribution is 5.97. The highest BCUT2D eigenvalue weighted by atomic mass is 16.3. The lowest BCUT2D eigenvalue weighted by Crippen LogP contribution is -2.46. The van der Waals surface area contributed by atoms with Crippen molar-refractivity contribution in [1.29, 1.82) is 0 Å². The van der Waals surface area contributed by atoms with Crippen LogP contribution in [0, 0.1) is 0 Å². The third-order valence-corrected chi connectivity index (χ3v) is 6.93. The average Bonchev–Trinajstić information content (AvgIpc) is 2.81. The van der Waals surface area contributed by atoms with Gasteiger partial charge >= 0.3 is 0 Å². The van der Waals surface area contributed by atoms with Gasteiger partial charge in [-0.15, -0.1) is 0 Å². The van der Waals surface area contributed by atoms with E-state index >= 15 is 0 Å². The molecule has 178 valence electrons. The van der Waals surface area contributed by atoms with Gasteiger partial charge in [-0.3, -0.25) is 9.69 Å². The Morgan fingerprint density at radius 2 is 1.73 bits per heavy atom. The summed E-state index contributed by atoms with van der Waals surface area (Å²) in [6, 6.07) is 14.8. The van der Waals surface area contributed by atoms with Crippen LogP contribution in [-0.4, -0.2) is 91.7 Å². The predicted octanol–water partition coefficient (Wildman–Crippen LogP) is 2.49. The molecule has 2 aromatic rings. The summed E-state index contributed by atoms with van der Waals surface area (Å²) in [5.74, 6) is 0.0437. The van der Waals surface area contributed by atoms with Gasteiger partial charge < -0.3 is 19.8 Å². The first kappa shape index (κ1) is 23.7. The Morgan fingerprint density at radius 3 is 2.48 bits per heavy atom. The first-order chi connectivity index (χ1) is 15.9. The molecule has 6 nitrogen and oxygen atoms in total. The van der Waals surface area contributed by atoms with E-state index in [0.717, 1.165) is 56.7 Å². The Morgan fingerprint density at radius 1 is 0.970 bits per heavy atom. The number of hydrogen-bond donors (Lipinski definition) is 1. The number of rotatable bonds is 9. The molecule has 2 aliphatic rings. The fourth-order valence-corrected chi connectivity index (χ4v) is 5.00. The number of benzene rings is 2. The number of carbonyl (C=O) groups excluding carboxylic acids is 1. The molecule has 0 saturated heterocycles. The van der Waals surface area contributed by atoms with Gasteiger partial charge in [0, 0.05) is 63.6 Å². The monoisotopic (exact) mass is 450 g/mol. The van der Waals surface area contributed by atoms with Gasteiger partial charge in [0.25, 0.3) is 5.91 Å². The van der Waals surface area contributed by atoms with Gasteiger partial charge in [-0.2, -0.15) is 0 Å². The molecule has 0 spiro atoms. The van der Waals surface area contributed by atoms with Crippen molar-refractivity contribution in [3.05, 3.63) is 64.7 Å². The lowest BCUT2D eigenvalue weighted by Gasteiger charge is -2.34. The normalized spacial score (nSPS) is 17.1. The minimum atomic E-state index is -0.540. The van der Waals surface area contributed by atoms with Crippen molar-refractivity contribution in [3.8, 4) is 0 Å². The Kier molecular flexibility index (Phi) is 7.68. The van der Waals surface area contributed by atoms with Crippen LogP contribution in [0.3, 0.4) is 0 Å². The standard InChI is InChI=1S/C27H38N4O2/c1-4-30(16-15-28(2)3)24-9-10-26-22(17-24)12-14-31(27(26)33)20-25(32)19-29-13-11-21-7-5-6-8-23(21)18-29/h5-10,17,25,32H,4,11-16,18-20H2,1-3H3. The number of aliphatic hydroxyl groups excluding tert-OH is 1. The second kappa shape index (κ2) is 10.7. The summed E-state index contributed by atoms with van der Waals surface area (Å²) in [6.07, 6.45) is 1.32. The van der Waals surface area contributed by atoms with Gasteiger partial charge in [0.15, 0.2) is 0 Å². The minimum absolute atomic E-state index is 0.0437. The van der Waals surface area contributed by atoms with Gasteiger partial charge in [0.1, 0.15) is 0 Å². The number of aliphatic hydroxyl groups is 1. The van der Waals surface area contributed by atoms with E-state index in [4.69, 9.17) is 0 Å². The maximum Gasteiger partial charge on any atom is 0.254 e. The van der Waals surface area contributed by atoms with Crippen molar-refractivity contribution in [3.63, 3.8) is 0 Å². The van der Waals surface area contributed by atoms with E-state index in [2.05, 4.69) is 72.1 Å². The quantitative estimate of drug-likeness (QED) is 0.636. The Balaban J connectivity index is 1.35. The molecule has 1 N–H and O–H groups in total. The molecule has 6 heteroatoms. The fraction of sp³-hybridized carbons (Fsp3) is 0.519. The minimum Gasteiger partial charge on any atom is -0.390 e. The molecular formula is C27H38N4O2. The number of carbonyl (C=O) groups is 1. The highest BCUT2D eigenvalue weighted by Gasteiger charge is 2.27. The molecule has 33 heavy (non-hydrogen) atoms. The topological polar surface area (TPSA) is 50.3 Å². The maximum atomic E-state index is 13.2. The van der Waals surface area contributed by atoms with Gasteiger partial charge in [0.05, 0.1) is 6.10 Å². The summed E-state index contributed by atoms with van der Waals surface area (Å²) in [4.78, 5) is 21.8. The zero-order valence-corrected chi connectivity index (χ0v) is 20.3. The third-order valence-electron chi connectivity index (χ3n) is 6.93. The van der Waals surface area contributed by atoms with Gasteiger partial charge in [-0.05, 0) is 68.8 Å². The van der Waals surface area contributed by atoms with E-state index < -0.39 is 6.10 Å². The molecule has 1 unspecified atom stereocenters. The van der Waals surface area contributed by atoms with Gasteiger partial charge in [0.2, 0.25) is 0 Å². The van der Waals surface area contributed by atoms with E-state index in [1.54, 1.807) is 0 Å². The van der Waals surface area contributed by atoms with Crippen molar-refractivity contribution in [2.75, 3.05) is 64.8 Å². The summed E-state index contributed by atoms with van der Waals surface area (Å²) < 4.78 is 0. The van der Waals surface area contributed by atoms with Crippen LogP contribution in [0.5, 0.6) is 0 Å². The molecule has 0 aliphatic carbocycles. The molecule has 2 aromatic carbocycles. The first-order valence-electron chi connectivity index (χ1n) is 12.2. The van der Waals surface area contributed by atoms with Crippen molar-refractivity contribution in [1.82, 2.24) is 14.7 Å². The van der Waals surface area contributed by atoms with E-state index in [1.165, 1.54) is 16.8 Å². The smallest absolute Gasteiger partial charge is 0.254 e. The van der Waals surface area contributed by atoms with Crippen LogP contribution in [0.15, 0.2) is 42.5 Å². The zero-order chi connectivity index (χ0) is 23.4.